The smallest absolute Gasteiger partial charge is 0.251 e. The summed E-state index contributed by atoms with van der Waals surface area (Å²) in [4.78, 5) is 27.1. The van der Waals surface area contributed by atoms with Crippen molar-refractivity contribution in [3.8, 4) is 5.75 Å². The number of carbonyl (C=O) groups is 2. The maximum atomic E-state index is 12.4. The summed E-state index contributed by atoms with van der Waals surface area (Å²) in [6.45, 7) is 4.82. The van der Waals surface area contributed by atoms with Crippen molar-refractivity contribution in [2.75, 3.05) is 33.3 Å². The number of likely N-dealkylation sites (tertiary alicyclic amines) is 1. The van der Waals surface area contributed by atoms with E-state index in [2.05, 4.69) is 21.6 Å². The summed E-state index contributed by atoms with van der Waals surface area (Å²) >= 11 is 0. The van der Waals surface area contributed by atoms with Crippen molar-refractivity contribution in [3.63, 3.8) is 0 Å². The van der Waals surface area contributed by atoms with Crippen LogP contribution >= 0.6 is 0 Å². The topological polar surface area (TPSA) is 70.7 Å². The van der Waals surface area contributed by atoms with Gasteiger partial charge in [-0.25, -0.2) is 0 Å². The fraction of sp³-hybridized carbons (Fsp3) is 0.417. The Morgan fingerprint density at radius 3 is 2.57 bits per heavy atom. The van der Waals surface area contributed by atoms with Crippen molar-refractivity contribution in [1.82, 2.24) is 15.5 Å². The Morgan fingerprint density at radius 2 is 1.83 bits per heavy atom. The van der Waals surface area contributed by atoms with Gasteiger partial charge >= 0.3 is 0 Å². The number of hydrogen-bond donors (Lipinski definition) is 2. The zero-order valence-electron chi connectivity index (χ0n) is 17.8. The van der Waals surface area contributed by atoms with Gasteiger partial charge in [0.15, 0.2) is 0 Å². The molecule has 1 unspecified atom stereocenters. The summed E-state index contributed by atoms with van der Waals surface area (Å²) < 4.78 is 5.37. The molecule has 0 spiro atoms. The molecule has 0 aliphatic carbocycles. The van der Waals surface area contributed by atoms with Gasteiger partial charge in [-0.05, 0) is 62.2 Å². The van der Waals surface area contributed by atoms with Gasteiger partial charge in [0.25, 0.3) is 5.91 Å². The second kappa shape index (κ2) is 10.8. The number of nitrogens with zero attached hydrogens (tertiary/aromatic N) is 1. The third kappa shape index (κ3) is 5.83. The summed E-state index contributed by atoms with van der Waals surface area (Å²) in [6, 6.07) is 15.6. The Labute approximate surface area is 178 Å². The van der Waals surface area contributed by atoms with Gasteiger partial charge in [0, 0.05) is 25.1 Å². The molecule has 0 aromatic heterocycles. The van der Waals surface area contributed by atoms with Gasteiger partial charge in [-0.3, -0.25) is 14.5 Å². The highest BCUT2D eigenvalue weighted by Crippen LogP contribution is 2.27. The maximum Gasteiger partial charge on any atom is 0.251 e. The molecule has 6 heteroatoms. The third-order valence-corrected chi connectivity index (χ3v) is 5.58. The Kier molecular flexibility index (Phi) is 7.85. The fourth-order valence-corrected chi connectivity index (χ4v) is 3.87. The minimum atomic E-state index is -0.146. The quantitative estimate of drug-likeness (QED) is 0.668. The van der Waals surface area contributed by atoms with E-state index < -0.39 is 0 Å². The number of benzene rings is 2. The van der Waals surface area contributed by atoms with Crippen LogP contribution in [0.25, 0.3) is 0 Å². The molecule has 2 aromatic rings. The van der Waals surface area contributed by atoms with E-state index in [1.807, 2.05) is 43.3 Å². The molecule has 3 rings (SSSR count). The van der Waals surface area contributed by atoms with Crippen LogP contribution < -0.4 is 15.4 Å². The first-order chi connectivity index (χ1) is 14.6. The number of nitrogens with one attached hydrogen (secondary N) is 2. The van der Waals surface area contributed by atoms with E-state index in [9.17, 15) is 9.59 Å². The van der Waals surface area contributed by atoms with Crippen LogP contribution in [0.15, 0.2) is 48.5 Å². The molecule has 30 heavy (non-hydrogen) atoms. The van der Waals surface area contributed by atoms with Gasteiger partial charge < -0.3 is 15.4 Å². The number of methoxy groups -OCH3 is 1. The Morgan fingerprint density at radius 1 is 1.07 bits per heavy atom. The van der Waals surface area contributed by atoms with Crippen molar-refractivity contribution in [3.05, 3.63) is 65.2 Å². The molecular formula is C24H31N3O3. The maximum absolute atomic E-state index is 12.4. The molecule has 6 nitrogen and oxygen atoms in total. The third-order valence-electron chi connectivity index (χ3n) is 5.58. The van der Waals surface area contributed by atoms with Crippen LogP contribution in [-0.4, -0.2) is 50.0 Å². The number of rotatable bonds is 9. The predicted molar refractivity (Wildman–Crippen MR) is 118 cm³/mol. The molecule has 0 bridgehead atoms. The molecule has 1 aliphatic heterocycles. The zero-order valence-corrected chi connectivity index (χ0v) is 17.8. The lowest BCUT2D eigenvalue weighted by Crippen LogP contribution is -2.38. The summed E-state index contributed by atoms with van der Waals surface area (Å²) in [5.41, 5.74) is 2.71. The molecule has 2 N–H and O–H groups in total. The van der Waals surface area contributed by atoms with Crippen molar-refractivity contribution in [2.24, 2.45) is 0 Å². The predicted octanol–water partition coefficient (Wildman–Crippen LogP) is 3.08. The monoisotopic (exact) mass is 409 g/mol. The van der Waals surface area contributed by atoms with Gasteiger partial charge in [0.05, 0.1) is 13.2 Å². The van der Waals surface area contributed by atoms with E-state index in [-0.39, 0.29) is 24.3 Å². The standard InChI is InChI=1S/C24H31N3O3/c1-18-8-3-4-11-21(18)24(29)25-13-12-23(28)26-17-22(27-14-5-6-15-27)19-9-7-10-20(16-19)30-2/h3-4,7-11,16,22H,5-6,12-15,17H2,1-2H3,(H,25,29)(H,26,28). The summed E-state index contributed by atoms with van der Waals surface area (Å²) in [7, 11) is 1.66. The zero-order chi connectivity index (χ0) is 21.3. The van der Waals surface area contributed by atoms with E-state index in [1.165, 1.54) is 12.8 Å². The lowest BCUT2D eigenvalue weighted by atomic mass is 10.0. The molecule has 2 amide bonds. The normalized spacial score (nSPS) is 14.9. The molecular weight excluding hydrogens is 378 g/mol. The van der Waals surface area contributed by atoms with Gasteiger partial charge in [-0.15, -0.1) is 0 Å². The number of amides is 2. The minimum Gasteiger partial charge on any atom is -0.497 e. The van der Waals surface area contributed by atoms with Crippen LogP contribution in [0.1, 0.15) is 46.8 Å². The van der Waals surface area contributed by atoms with E-state index in [1.54, 1.807) is 13.2 Å². The summed E-state index contributed by atoms with van der Waals surface area (Å²) in [5.74, 6) is 0.612. The van der Waals surface area contributed by atoms with Gasteiger partial charge in [-0.2, -0.15) is 0 Å². The van der Waals surface area contributed by atoms with Crippen LogP contribution in [0.2, 0.25) is 0 Å². The first-order valence-corrected chi connectivity index (χ1v) is 10.6. The SMILES string of the molecule is COc1cccc(C(CNC(=O)CCNC(=O)c2ccccc2C)N2CCCC2)c1. The highest BCUT2D eigenvalue weighted by atomic mass is 16.5. The van der Waals surface area contributed by atoms with Crippen LogP contribution in [0.4, 0.5) is 0 Å². The van der Waals surface area contributed by atoms with Crippen molar-refractivity contribution < 1.29 is 14.3 Å². The number of hydrogen-bond acceptors (Lipinski definition) is 4. The molecule has 1 atom stereocenters. The molecule has 1 aliphatic rings. The average molecular weight is 410 g/mol. The highest BCUT2D eigenvalue weighted by Gasteiger charge is 2.24. The molecule has 1 heterocycles. The Hall–Kier alpha value is -2.86. The molecule has 1 saturated heterocycles. The van der Waals surface area contributed by atoms with Crippen molar-refractivity contribution >= 4 is 11.8 Å². The summed E-state index contributed by atoms with van der Waals surface area (Å²) in [5, 5.41) is 5.88. The second-order valence-electron chi connectivity index (χ2n) is 7.66. The van der Waals surface area contributed by atoms with Crippen molar-refractivity contribution in [2.45, 2.75) is 32.2 Å². The highest BCUT2D eigenvalue weighted by molar-refractivity contribution is 5.95. The van der Waals surface area contributed by atoms with Gasteiger partial charge in [-0.1, -0.05) is 30.3 Å². The fourth-order valence-electron chi connectivity index (χ4n) is 3.87. The van der Waals surface area contributed by atoms with E-state index in [4.69, 9.17) is 4.74 Å². The Balaban J connectivity index is 1.51. The molecule has 0 radical (unpaired) electrons. The number of carbonyl (C=O) groups excluding carboxylic acids is 2. The van der Waals surface area contributed by atoms with E-state index in [0.717, 1.165) is 30.0 Å². The lowest BCUT2D eigenvalue weighted by molar-refractivity contribution is -0.121. The molecule has 2 aromatic carbocycles. The van der Waals surface area contributed by atoms with Crippen molar-refractivity contribution in [1.29, 1.82) is 0 Å². The number of aryl methyl sites for hydroxylation is 1. The van der Waals surface area contributed by atoms with Crippen LogP contribution in [0.5, 0.6) is 5.75 Å². The second-order valence-corrected chi connectivity index (χ2v) is 7.66. The van der Waals surface area contributed by atoms with E-state index in [0.29, 0.717) is 18.7 Å². The molecule has 160 valence electrons. The average Bonchev–Trinajstić information content (AvgIpc) is 3.29. The summed E-state index contributed by atoms with van der Waals surface area (Å²) in [6.07, 6.45) is 2.61. The first-order valence-electron chi connectivity index (χ1n) is 10.6. The lowest BCUT2D eigenvalue weighted by Gasteiger charge is -2.28. The Bertz CT molecular complexity index is 862. The minimum absolute atomic E-state index is 0.0628. The number of ether oxygens (including phenoxy) is 1. The van der Waals surface area contributed by atoms with Gasteiger partial charge in [0.2, 0.25) is 5.91 Å². The van der Waals surface area contributed by atoms with Crippen LogP contribution in [0, 0.1) is 6.92 Å². The van der Waals surface area contributed by atoms with E-state index >= 15 is 0 Å². The van der Waals surface area contributed by atoms with Crippen LogP contribution in [-0.2, 0) is 4.79 Å². The largest absolute Gasteiger partial charge is 0.497 e. The molecule has 0 saturated carbocycles. The van der Waals surface area contributed by atoms with Crippen LogP contribution in [0.3, 0.4) is 0 Å². The van der Waals surface area contributed by atoms with Gasteiger partial charge in [0.1, 0.15) is 5.75 Å². The molecule has 1 fully saturated rings. The first kappa shape index (κ1) is 21.8.